The maximum Gasteiger partial charge on any atom is 0.344 e. The monoisotopic (exact) mass is 604 g/mol. The van der Waals surface area contributed by atoms with E-state index in [2.05, 4.69) is 21.0 Å². The Morgan fingerprint density at radius 3 is 2.71 bits per heavy atom. The highest BCUT2D eigenvalue weighted by Crippen LogP contribution is 2.35. The number of rotatable bonds is 8. The number of aromatic nitrogens is 2. The van der Waals surface area contributed by atoms with Crippen molar-refractivity contribution in [3.05, 3.63) is 71.7 Å². The molecule has 0 aliphatic heterocycles. The van der Waals surface area contributed by atoms with E-state index in [1.165, 1.54) is 17.0 Å². The molecule has 0 amide bonds. The van der Waals surface area contributed by atoms with Gasteiger partial charge in [-0.25, -0.2) is 9.78 Å². The van der Waals surface area contributed by atoms with Gasteiger partial charge in [-0.2, -0.15) is 9.78 Å². The van der Waals surface area contributed by atoms with Crippen LogP contribution in [0.2, 0.25) is 5.02 Å². The Balaban J connectivity index is 1.82. The van der Waals surface area contributed by atoms with Gasteiger partial charge >= 0.3 is 11.7 Å². The molecule has 0 bridgehead atoms. The number of esters is 1. The van der Waals surface area contributed by atoms with Gasteiger partial charge < -0.3 is 9.47 Å². The van der Waals surface area contributed by atoms with Crippen LogP contribution in [0.1, 0.15) is 63.3 Å². The van der Waals surface area contributed by atoms with Crippen molar-refractivity contribution in [1.29, 1.82) is 0 Å². The number of hydrogen-bond donors (Lipinski definition) is 0. The number of halogens is 2. The van der Waals surface area contributed by atoms with E-state index in [0.717, 1.165) is 42.6 Å². The maximum absolute atomic E-state index is 13.6. The summed E-state index contributed by atoms with van der Waals surface area (Å²) >= 11 is 9.56. The molecule has 1 aromatic heterocycles. The molecule has 0 spiro atoms. The van der Waals surface area contributed by atoms with E-state index < -0.39 is 23.2 Å². The molecule has 0 atom stereocenters. The molecule has 0 saturated heterocycles. The summed E-state index contributed by atoms with van der Waals surface area (Å²) in [6, 6.07) is 7.82. The van der Waals surface area contributed by atoms with Gasteiger partial charge in [-0.3, -0.25) is 14.9 Å². The van der Waals surface area contributed by atoms with Gasteiger partial charge in [-0.1, -0.05) is 46.8 Å². The summed E-state index contributed by atoms with van der Waals surface area (Å²) in [4.78, 5) is 41.5. The third-order valence-electron chi connectivity index (χ3n) is 6.08. The highest BCUT2D eigenvalue weighted by atomic mass is 79.9. The van der Waals surface area contributed by atoms with Crippen molar-refractivity contribution in [1.82, 2.24) is 9.66 Å². The van der Waals surface area contributed by atoms with Gasteiger partial charge in [0.05, 0.1) is 28.1 Å². The summed E-state index contributed by atoms with van der Waals surface area (Å²) < 4.78 is 12.6. The highest BCUT2D eigenvalue weighted by Gasteiger charge is 2.24. The van der Waals surface area contributed by atoms with Gasteiger partial charge in [0.25, 0.3) is 5.56 Å². The van der Waals surface area contributed by atoms with Crippen molar-refractivity contribution < 1.29 is 19.2 Å². The summed E-state index contributed by atoms with van der Waals surface area (Å²) in [5, 5.41) is 16.6. The average molecular weight is 606 g/mol. The lowest BCUT2D eigenvalue weighted by atomic mass is 9.88. The molecule has 1 saturated carbocycles. The Kier molecular flexibility index (Phi) is 8.78. The fraction of sp³-hybridized carbons (Fsp3) is 0.385. The van der Waals surface area contributed by atoms with Crippen molar-refractivity contribution in [2.45, 2.75) is 58.0 Å². The fourth-order valence-electron chi connectivity index (χ4n) is 4.44. The van der Waals surface area contributed by atoms with Crippen molar-refractivity contribution in [3.63, 3.8) is 0 Å². The minimum Gasteiger partial charge on any atom is -0.474 e. The standard InChI is InChI=1S/C26H26BrClN4O6/c1-15(2)38-23(33)14-37-24-17(10-19(28)12-22(24)32(35)36)13-29-31-25(16-6-4-3-5-7-16)30-21-9-8-18(27)11-20(21)26(31)34/h8-13,15-16H,3-7,14H2,1-2H3. The second kappa shape index (κ2) is 12.0. The van der Waals surface area contributed by atoms with Crippen LogP contribution < -0.4 is 10.3 Å². The Morgan fingerprint density at radius 2 is 2.03 bits per heavy atom. The zero-order valence-corrected chi connectivity index (χ0v) is 23.2. The molecule has 0 N–H and O–H groups in total. The van der Waals surface area contributed by atoms with Gasteiger partial charge in [0.2, 0.25) is 5.75 Å². The number of fused-ring (bicyclic) bond motifs is 1. The quantitative estimate of drug-likeness (QED) is 0.134. The molecule has 10 nitrogen and oxygen atoms in total. The second-order valence-corrected chi connectivity index (χ2v) is 10.6. The normalized spacial score (nSPS) is 14.3. The van der Waals surface area contributed by atoms with Crippen LogP contribution >= 0.6 is 27.5 Å². The van der Waals surface area contributed by atoms with Gasteiger partial charge in [0.1, 0.15) is 5.82 Å². The number of carbonyl (C=O) groups excluding carboxylic acids is 1. The third kappa shape index (κ3) is 6.39. The number of nitro groups is 1. The van der Waals surface area contributed by atoms with E-state index in [9.17, 15) is 19.7 Å². The van der Waals surface area contributed by atoms with Crippen molar-refractivity contribution >= 4 is 56.3 Å². The zero-order chi connectivity index (χ0) is 27.4. The first kappa shape index (κ1) is 27.7. The van der Waals surface area contributed by atoms with Crippen LogP contribution in [0, 0.1) is 10.1 Å². The summed E-state index contributed by atoms with van der Waals surface area (Å²) in [5.74, 6) is -0.336. The largest absolute Gasteiger partial charge is 0.474 e. The summed E-state index contributed by atoms with van der Waals surface area (Å²) in [6.07, 6.45) is 5.80. The third-order valence-corrected chi connectivity index (χ3v) is 6.79. The molecule has 12 heteroatoms. The predicted molar refractivity (Wildman–Crippen MR) is 147 cm³/mol. The Labute approximate surface area is 231 Å². The lowest BCUT2D eigenvalue weighted by Crippen LogP contribution is -2.25. The summed E-state index contributed by atoms with van der Waals surface area (Å²) in [7, 11) is 0. The van der Waals surface area contributed by atoms with Gasteiger partial charge in [-0.05, 0) is 51.0 Å². The summed E-state index contributed by atoms with van der Waals surface area (Å²) in [5.41, 5.74) is -0.127. The average Bonchev–Trinajstić information content (AvgIpc) is 2.87. The predicted octanol–water partition coefficient (Wildman–Crippen LogP) is 5.98. The maximum atomic E-state index is 13.6. The van der Waals surface area contributed by atoms with Crippen LogP contribution in [-0.2, 0) is 9.53 Å². The van der Waals surface area contributed by atoms with Crippen molar-refractivity contribution in [2.75, 3.05) is 6.61 Å². The molecule has 0 unspecified atom stereocenters. The van der Waals surface area contributed by atoms with Crippen LogP contribution in [0.4, 0.5) is 5.69 Å². The Hall–Kier alpha value is -3.31. The van der Waals surface area contributed by atoms with E-state index in [4.69, 9.17) is 26.1 Å². The molecule has 3 aromatic rings. The lowest BCUT2D eigenvalue weighted by Gasteiger charge is -2.22. The van der Waals surface area contributed by atoms with Crippen molar-refractivity contribution in [3.8, 4) is 5.75 Å². The van der Waals surface area contributed by atoms with Gasteiger partial charge in [0, 0.05) is 27.0 Å². The Bertz CT molecular complexity index is 1470. The number of ether oxygens (including phenoxy) is 2. The molecule has 0 radical (unpaired) electrons. The highest BCUT2D eigenvalue weighted by molar-refractivity contribution is 9.10. The van der Waals surface area contributed by atoms with Crippen molar-refractivity contribution in [2.24, 2.45) is 5.10 Å². The molecule has 1 fully saturated rings. The smallest absolute Gasteiger partial charge is 0.344 e. The number of nitrogens with zero attached hydrogens (tertiary/aromatic N) is 4. The van der Waals surface area contributed by atoms with Crippen LogP contribution in [0.3, 0.4) is 0 Å². The molecule has 1 aliphatic carbocycles. The fourth-order valence-corrected chi connectivity index (χ4v) is 5.02. The first-order valence-electron chi connectivity index (χ1n) is 12.2. The number of benzene rings is 2. The van der Waals surface area contributed by atoms with Gasteiger partial charge in [-0.15, -0.1) is 0 Å². The van der Waals surface area contributed by atoms with Crippen LogP contribution in [0.15, 0.2) is 44.7 Å². The van der Waals surface area contributed by atoms with E-state index in [1.54, 1.807) is 26.0 Å². The molecule has 1 aliphatic rings. The number of carbonyl (C=O) groups is 1. The number of nitro benzene ring substituents is 1. The van der Waals surface area contributed by atoms with E-state index in [0.29, 0.717) is 16.7 Å². The van der Waals surface area contributed by atoms with Crippen LogP contribution in [0.5, 0.6) is 5.75 Å². The molecular formula is C26H26BrClN4O6. The number of hydrogen-bond acceptors (Lipinski definition) is 8. The minimum atomic E-state index is -0.688. The summed E-state index contributed by atoms with van der Waals surface area (Å²) in [6.45, 7) is 2.80. The minimum absolute atomic E-state index is 0.0388. The molecule has 200 valence electrons. The topological polar surface area (TPSA) is 126 Å². The lowest BCUT2D eigenvalue weighted by molar-refractivity contribution is -0.385. The molecule has 1 heterocycles. The Morgan fingerprint density at radius 1 is 1.29 bits per heavy atom. The van der Waals surface area contributed by atoms with E-state index >= 15 is 0 Å². The molecule has 38 heavy (non-hydrogen) atoms. The molecular weight excluding hydrogens is 580 g/mol. The first-order chi connectivity index (χ1) is 18.1. The zero-order valence-electron chi connectivity index (χ0n) is 20.9. The molecule has 2 aromatic carbocycles. The van der Waals surface area contributed by atoms with Crippen LogP contribution in [-0.4, -0.2) is 39.5 Å². The van der Waals surface area contributed by atoms with E-state index in [-0.39, 0.29) is 33.9 Å². The molecule has 4 rings (SSSR count). The van der Waals surface area contributed by atoms with Gasteiger partial charge in [0.15, 0.2) is 6.61 Å². The second-order valence-electron chi connectivity index (χ2n) is 9.26. The van der Waals surface area contributed by atoms with E-state index in [1.807, 2.05) is 6.07 Å². The first-order valence-corrected chi connectivity index (χ1v) is 13.4. The van der Waals surface area contributed by atoms with Crippen LogP contribution in [0.25, 0.3) is 10.9 Å². The SMILES string of the molecule is CC(C)OC(=O)COc1c(C=Nn2c(C3CCCCC3)nc3ccc(Br)cc3c2=O)cc(Cl)cc1[N+](=O)[O-].